The molecule has 3 rings (SSSR count). The SMILES string of the molecule is Cc1noc(C)c1S(=O)(=O)N(C)C[C@@H]1OCCCC[C@H](C)Oc2ccc(NS(C)(=O)=O)cc2C(=O)N([C@@H](C)CO)C[C@H]1C. The second-order valence-electron chi connectivity index (χ2n) is 11.3. The fourth-order valence-corrected chi connectivity index (χ4v) is 7.03. The van der Waals surface area contributed by atoms with Crippen molar-refractivity contribution in [1.29, 1.82) is 0 Å². The minimum absolute atomic E-state index is 0.00161. The van der Waals surface area contributed by atoms with Crippen molar-refractivity contribution in [2.75, 3.05) is 44.3 Å². The van der Waals surface area contributed by atoms with Gasteiger partial charge in [0.2, 0.25) is 20.0 Å². The molecular weight excluding hydrogens is 600 g/mol. The number of aryl methyl sites for hydroxylation is 2. The van der Waals surface area contributed by atoms with Crippen LogP contribution in [-0.2, 0) is 24.8 Å². The molecule has 2 aromatic rings. The largest absolute Gasteiger partial charge is 0.490 e. The number of likely N-dealkylation sites (N-methyl/N-ethyl adjacent to an activating group) is 1. The van der Waals surface area contributed by atoms with Gasteiger partial charge in [-0.1, -0.05) is 12.1 Å². The minimum atomic E-state index is -3.95. The maximum absolute atomic E-state index is 14.1. The average molecular weight is 645 g/mol. The van der Waals surface area contributed by atoms with Crippen molar-refractivity contribution in [1.82, 2.24) is 14.4 Å². The van der Waals surface area contributed by atoms with Gasteiger partial charge in [0.1, 0.15) is 16.3 Å². The number of carbonyl (C=O) groups is 1. The number of amides is 1. The van der Waals surface area contributed by atoms with E-state index in [1.54, 1.807) is 26.8 Å². The number of ether oxygens (including phenoxy) is 2. The van der Waals surface area contributed by atoms with E-state index in [0.717, 1.165) is 12.7 Å². The minimum Gasteiger partial charge on any atom is -0.490 e. The van der Waals surface area contributed by atoms with Gasteiger partial charge in [-0.2, -0.15) is 4.31 Å². The van der Waals surface area contributed by atoms with Crippen molar-refractivity contribution in [3.05, 3.63) is 35.2 Å². The third-order valence-electron chi connectivity index (χ3n) is 7.43. The summed E-state index contributed by atoms with van der Waals surface area (Å²) in [5.74, 6) is -0.351. The Morgan fingerprint density at radius 2 is 1.88 bits per heavy atom. The second-order valence-corrected chi connectivity index (χ2v) is 15.1. The molecule has 1 amide bonds. The van der Waals surface area contributed by atoms with Gasteiger partial charge in [0.25, 0.3) is 5.91 Å². The topological polar surface area (TPSA) is 169 Å². The van der Waals surface area contributed by atoms with Crippen molar-refractivity contribution < 1.29 is 40.7 Å². The summed E-state index contributed by atoms with van der Waals surface area (Å²) >= 11 is 0. The van der Waals surface area contributed by atoms with Crippen LogP contribution in [0, 0.1) is 19.8 Å². The van der Waals surface area contributed by atoms with Gasteiger partial charge in [-0.25, -0.2) is 16.8 Å². The molecule has 0 fully saturated rings. The van der Waals surface area contributed by atoms with Gasteiger partial charge in [-0.15, -0.1) is 0 Å². The molecule has 0 bridgehead atoms. The molecule has 1 aliphatic rings. The van der Waals surface area contributed by atoms with E-state index in [1.165, 1.54) is 28.4 Å². The Balaban J connectivity index is 2.00. The van der Waals surface area contributed by atoms with Gasteiger partial charge in [0, 0.05) is 38.3 Å². The number of anilines is 1. The zero-order chi connectivity index (χ0) is 32.1. The van der Waals surface area contributed by atoms with Crippen LogP contribution in [0.2, 0.25) is 0 Å². The Morgan fingerprint density at radius 1 is 1.19 bits per heavy atom. The number of nitrogens with one attached hydrogen (secondary N) is 1. The molecule has 242 valence electrons. The summed E-state index contributed by atoms with van der Waals surface area (Å²) in [7, 11) is -6.10. The Bertz CT molecular complexity index is 1460. The summed E-state index contributed by atoms with van der Waals surface area (Å²) < 4.78 is 71.8. The number of carbonyl (C=O) groups excluding carboxylic acids is 1. The van der Waals surface area contributed by atoms with E-state index < -0.39 is 38.1 Å². The maximum atomic E-state index is 14.1. The highest BCUT2D eigenvalue weighted by Gasteiger charge is 2.34. The van der Waals surface area contributed by atoms with Crippen LogP contribution < -0.4 is 9.46 Å². The molecule has 1 aromatic heterocycles. The van der Waals surface area contributed by atoms with Crippen molar-refractivity contribution >= 4 is 31.6 Å². The Labute approximate surface area is 254 Å². The van der Waals surface area contributed by atoms with Crippen molar-refractivity contribution in [3.63, 3.8) is 0 Å². The number of aromatic nitrogens is 1. The molecule has 15 heteroatoms. The number of hydrogen-bond donors (Lipinski definition) is 2. The monoisotopic (exact) mass is 644 g/mol. The predicted molar refractivity (Wildman–Crippen MR) is 161 cm³/mol. The first-order valence-electron chi connectivity index (χ1n) is 14.3. The van der Waals surface area contributed by atoms with Crippen molar-refractivity contribution in [3.8, 4) is 5.75 Å². The summed E-state index contributed by atoms with van der Waals surface area (Å²) in [5, 5.41) is 13.9. The summed E-state index contributed by atoms with van der Waals surface area (Å²) in [6.07, 6.45) is 2.29. The smallest absolute Gasteiger partial charge is 0.258 e. The molecule has 43 heavy (non-hydrogen) atoms. The molecule has 2 N–H and O–H groups in total. The highest BCUT2D eigenvalue weighted by molar-refractivity contribution is 7.92. The molecule has 0 aliphatic carbocycles. The fraction of sp³-hybridized carbons (Fsp3) is 0.643. The number of sulfonamides is 2. The summed E-state index contributed by atoms with van der Waals surface area (Å²) in [4.78, 5) is 15.6. The van der Waals surface area contributed by atoms with Gasteiger partial charge >= 0.3 is 0 Å². The second kappa shape index (κ2) is 14.4. The van der Waals surface area contributed by atoms with Crippen LogP contribution in [0.3, 0.4) is 0 Å². The molecule has 13 nitrogen and oxygen atoms in total. The number of fused-ring (bicyclic) bond motifs is 1. The van der Waals surface area contributed by atoms with E-state index in [1.807, 2.05) is 13.8 Å². The van der Waals surface area contributed by atoms with Gasteiger partial charge in [0.15, 0.2) is 5.76 Å². The van der Waals surface area contributed by atoms with Crippen LogP contribution >= 0.6 is 0 Å². The Morgan fingerprint density at radius 3 is 2.49 bits per heavy atom. The number of rotatable bonds is 8. The van der Waals surface area contributed by atoms with E-state index in [2.05, 4.69) is 9.88 Å². The number of benzene rings is 1. The lowest BCUT2D eigenvalue weighted by Gasteiger charge is -2.35. The Kier molecular flexibility index (Phi) is 11.6. The van der Waals surface area contributed by atoms with Crippen molar-refractivity contribution in [2.24, 2.45) is 5.92 Å². The van der Waals surface area contributed by atoms with E-state index in [4.69, 9.17) is 14.0 Å². The quantitative estimate of drug-likeness (QED) is 0.436. The number of hydrogen-bond acceptors (Lipinski definition) is 10. The molecule has 0 spiro atoms. The van der Waals surface area contributed by atoms with Crippen LogP contribution in [0.4, 0.5) is 5.69 Å². The molecule has 0 saturated heterocycles. The van der Waals surface area contributed by atoms with Gasteiger partial charge < -0.3 is 24.0 Å². The first kappa shape index (κ1) is 34.8. The van der Waals surface area contributed by atoms with E-state index in [9.17, 15) is 26.7 Å². The molecule has 2 heterocycles. The molecule has 0 radical (unpaired) electrons. The standard InChI is InChI=1S/C28H44N4O9S2/c1-18-15-32(19(2)17-33)28(34)24-14-23(30-42(7,35)36)11-12-25(24)40-20(3)10-8-9-13-39-26(18)16-31(6)43(37,38)27-21(4)29-41-22(27)5/h11-12,14,18-20,26,30,33H,8-10,13,15-17H2,1-7H3/t18-,19+,20+,26+/m1/s1. The van der Waals surface area contributed by atoms with Crippen LogP contribution in [0.25, 0.3) is 0 Å². The third-order valence-corrected chi connectivity index (χ3v) is 10.1. The lowest BCUT2D eigenvalue weighted by molar-refractivity contribution is -0.00835. The van der Waals surface area contributed by atoms with E-state index in [-0.39, 0.29) is 59.3 Å². The fourth-order valence-electron chi connectivity index (χ4n) is 5.01. The van der Waals surface area contributed by atoms with E-state index in [0.29, 0.717) is 25.2 Å². The third kappa shape index (κ3) is 8.91. The lowest BCUT2D eigenvalue weighted by atomic mass is 10.0. The summed E-state index contributed by atoms with van der Waals surface area (Å²) in [6, 6.07) is 3.90. The molecular formula is C28H44N4O9S2. The molecule has 4 atom stereocenters. The maximum Gasteiger partial charge on any atom is 0.258 e. The zero-order valence-electron chi connectivity index (χ0n) is 25.9. The molecule has 0 unspecified atom stereocenters. The summed E-state index contributed by atoms with van der Waals surface area (Å²) in [6.45, 7) is 8.71. The van der Waals surface area contributed by atoms with Crippen LogP contribution in [-0.4, -0.2) is 100 Å². The normalized spacial score (nSPS) is 22.0. The van der Waals surface area contributed by atoms with Gasteiger partial charge in [-0.05, 0) is 65.2 Å². The first-order valence-corrected chi connectivity index (χ1v) is 17.6. The number of aliphatic hydroxyl groups excluding tert-OH is 1. The molecule has 1 aromatic carbocycles. The average Bonchev–Trinajstić information content (AvgIpc) is 3.27. The lowest BCUT2D eigenvalue weighted by Crippen LogP contribution is -2.48. The zero-order valence-corrected chi connectivity index (χ0v) is 27.5. The highest BCUT2D eigenvalue weighted by Crippen LogP contribution is 2.29. The van der Waals surface area contributed by atoms with Crippen LogP contribution in [0.1, 0.15) is 61.8 Å². The van der Waals surface area contributed by atoms with Gasteiger partial charge in [-0.3, -0.25) is 9.52 Å². The highest BCUT2D eigenvalue weighted by atomic mass is 32.2. The molecule has 1 aliphatic heterocycles. The van der Waals surface area contributed by atoms with Crippen molar-refractivity contribution in [2.45, 2.75) is 77.0 Å². The van der Waals surface area contributed by atoms with Crippen LogP contribution in [0.5, 0.6) is 5.75 Å². The van der Waals surface area contributed by atoms with Gasteiger partial charge in [0.05, 0.1) is 36.7 Å². The number of nitrogens with zero attached hydrogens (tertiary/aromatic N) is 3. The van der Waals surface area contributed by atoms with Crippen LogP contribution in [0.15, 0.2) is 27.6 Å². The Hall–Kier alpha value is -2.72. The first-order chi connectivity index (χ1) is 20.0. The van der Waals surface area contributed by atoms with E-state index >= 15 is 0 Å². The predicted octanol–water partition coefficient (Wildman–Crippen LogP) is 2.78. The number of aliphatic hydroxyl groups is 1. The summed E-state index contributed by atoms with van der Waals surface area (Å²) in [5.41, 5.74) is 0.599. The molecule has 0 saturated carbocycles.